The summed E-state index contributed by atoms with van der Waals surface area (Å²) in [4.78, 5) is 96.0. The first kappa shape index (κ1) is 96.5. The molecule has 0 bridgehead atoms. The standard InChI is InChI=1S/C23H46N2O8Si.C20H40N2O8Si.C13H24O4.C6H18N2O3Si/c1-8-20(27)16-22(32-19(4)26)17-21(9-2)33-23(28)15-18(3)25-13-12-24-11-10-14-34(29-5,30-6)31-7;1-5-17(24)13-19(29-16(4)23)14-18(6-2)30-20(25)12-15(3)22-10-9-21-8-7-11-31(26,27)28;1-4-11(15)7-6-8-12(5-2)17-13(16)9-10(3)14;1-9-12(10-2,11-3)6-8-5-4-7/h15,20-22,24-25,27H,8-14,16-17H2,1-7H3;12,17-19,21-22,24,26-28H,5-11,13-14H2,1-4H3;11-12,15H,4-9H2,1-3H3;8H,4-7H2,1-3H3/b18-15+;15-12+;;. The summed E-state index contributed by atoms with van der Waals surface area (Å²) < 4.78 is 58.5. The highest BCUT2D eigenvalue weighted by atomic mass is 28.4. The van der Waals surface area contributed by atoms with Gasteiger partial charge in [0.15, 0.2) is 0 Å². The van der Waals surface area contributed by atoms with E-state index in [9.17, 15) is 44.1 Å². The van der Waals surface area contributed by atoms with Crippen LogP contribution in [0.3, 0.4) is 0 Å². The molecule has 0 aliphatic heterocycles. The number of hydrogen-bond acceptors (Lipinski definition) is 29. The largest absolute Gasteiger partial charge is 0.514 e. The molecule has 0 rings (SSSR count). The number of allylic oxidation sites excluding steroid dienone is 2. The third kappa shape index (κ3) is 57.2. The Kier molecular flexibility index (Phi) is 61.9. The maximum atomic E-state index is 12.3. The molecule has 8 unspecified atom stereocenters. The van der Waals surface area contributed by atoms with Crippen LogP contribution in [0.15, 0.2) is 23.5 Å². The Hall–Kier alpha value is -3.89. The Bertz CT molecular complexity index is 1990. The SMILES string of the molecule is CCC(O)CC(CC(CC)OC(=O)/C=C(\C)NCCNCCC[Si](O)(O)O)OC(C)=O.CCC(O)CC(CC(CC)OC(=O)/C=C(\C)NCCNCCC[Si](OC)(OC)OC)OC(C)=O.CCC(O)CCCC(CC)OC(=O)CC(C)=O.CO[Si](CNCCN)(OC)OC. The molecule has 13 N–H and O–H groups in total. The third-order valence-electron chi connectivity index (χ3n) is 14.2. The average Bonchev–Trinajstić information content (AvgIpc) is 1.38. The Labute approximate surface area is 565 Å². The van der Waals surface area contributed by atoms with Gasteiger partial charge in [-0.1, -0.05) is 41.5 Å². The molecule has 8 atom stereocenters. The van der Waals surface area contributed by atoms with Gasteiger partial charge in [-0.25, -0.2) is 9.59 Å². The molecule has 0 aromatic heterocycles. The number of esters is 5. The van der Waals surface area contributed by atoms with E-state index in [0.29, 0.717) is 108 Å². The number of ether oxygens (including phenoxy) is 5. The van der Waals surface area contributed by atoms with Gasteiger partial charge in [-0.15, -0.1) is 0 Å². The van der Waals surface area contributed by atoms with Gasteiger partial charge >= 0.3 is 56.3 Å². The normalized spacial score (nSPS) is 14.5. The van der Waals surface area contributed by atoms with Gasteiger partial charge in [0, 0.05) is 157 Å². The van der Waals surface area contributed by atoms with E-state index in [-0.39, 0.29) is 30.5 Å². The van der Waals surface area contributed by atoms with Crippen molar-refractivity contribution in [1.82, 2.24) is 26.6 Å². The number of nitrogens with one attached hydrogen (secondary N) is 5. The van der Waals surface area contributed by atoms with Crippen molar-refractivity contribution in [2.45, 2.75) is 240 Å². The molecule has 0 heterocycles. The van der Waals surface area contributed by atoms with E-state index in [1.165, 1.54) is 32.9 Å². The fourth-order valence-corrected chi connectivity index (χ4v) is 12.4. The smallest absolute Gasteiger partial charge is 0.462 e. The van der Waals surface area contributed by atoms with E-state index in [1.807, 2.05) is 41.5 Å². The zero-order valence-corrected chi connectivity index (χ0v) is 63.1. The van der Waals surface area contributed by atoms with E-state index < -0.39 is 92.9 Å². The second-order valence-corrected chi connectivity index (χ2v) is 30.5. The molecule has 32 heteroatoms. The van der Waals surface area contributed by atoms with Crippen LogP contribution in [0.25, 0.3) is 0 Å². The van der Waals surface area contributed by atoms with Crippen LogP contribution in [0.4, 0.5) is 0 Å². The molecular weight excluding hydrogens is 1280 g/mol. The molecule has 0 saturated heterocycles. The summed E-state index contributed by atoms with van der Waals surface area (Å²) >= 11 is 0. The minimum atomic E-state index is -3.96. The lowest BCUT2D eigenvalue weighted by molar-refractivity contribution is -0.154. The van der Waals surface area contributed by atoms with Crippen LogP contribution in [0.1, 0.15) is 179 Å². The van der Waals surface area contributed by atoms with Crippen LogP contribution >= 0.6 is 0 Å². The van der Waals surface area contributed by atoms with Crippen molar-refractivity contribution in [3.8, 4) is 0 Å². The van der Waals surface area contributed by atoms with E-state index in [0.717, 1.165) is 64.2 Å². The minimum Gasteiger partial charge on any atom is -0.462 e. The summed E-state index contributed by atoms with van der Waals surface area (Å²) in [6.07, 6.45) is 8.46. The van der Waals surface area contributed by atoms with Crippen molar-refractivity contribution >= 4 is 62.0 Å². The van der Waals surface area contributed by atoms with Crippen molar-refractivity contribution in [1.29, 1.82) is 0 Å². The monoisotopic (exact) mass is 1410 g/mol. The quantitative estimate of drug-likeness (QED) is 0.0103. The van der Waals surface area contributed by atoms with Gasteiger partial charge < -0.3 is 112 Å². The van der Waals surface area contributed by atoms with Crippen LogP contribution in [0.2, 0.25) is 12.1 Å². The van der Waals surface area contributed by atoms with Gasteiger partial charge in [0.05, 0.1) is 24.5 Å². The van der Waals surface area contributed by atoms with Crippen LogP contribution < -0.4 is 32.3 Å². The summed E-state index contributed by atoms with van der Waals surface area (Å²) in [5, 5.41) is 44.9. The Morgan fingerprint density at radius 2 is 0.840 bits per heavy atom. The Morgan fingerprint density at radius 3 is 1.18 bits per heavy atom. The number of carbonyl (C=O) groups is 6. The average molecular weight is 1410 g/mol. The molecule has 0 saturated carbocycles. The van der Waals surface area contributed by atoms with Crippen LogP contribution in [0.5, 0.6) is 0 Å². The number of Topliss-reactive ketones (excluding diaryl/α,β-unsaturated/α-hetero) is 1. The number of aliphatic hydroxyl groups excluding tert-OH is 3. The van der Waals surface area contributed by atoms with Crippen LogP contribution in [-0.4, -0.2) is 242 Å². The lowest BCUT2D eigenvalue weighted by Gasteiger charge is -2.24. The van der Waals surface area contributed by atoms with Gasteiger partial charge in [-0.2, -0.15) is 0 Å². The molecule has 0 aliphatic rings. The van der Waals surface area contributed by atoms with Gasteiger partial charge in [0.2, 0.25) is 0 Å². The predicted molar refractivity (Wildman–Crippen MR) is 364 cm³/mol. The first-order valence-corrected chi connectivity index (χ1v) is 38.9. The van der Waals surface area contributed by atoms with E-state index >= 15 is 0 Å². The van der Waals surface area contributed by atoms with Crippen molar-refractivity contribution in [3.63, 3.8) is 0 Å². The summed E-state index contributed by atoms with van der Waals surface area (Å²) in [6.45, 7) is 24.1. The highest BCUT2D eigenvalue weighted by Gasteiger charge is 2.38. The molecule has 0 aromatic carbocycles. The highest BCUT2D eigenvalue weighted by molar-refractivity contribution is 6.61. The van der Waals surface area contributed by atoms with Crippen molar-refractivity contribution in [2.24, 2.45) is 5.73 Å². The molecule has 0 fully saturated rings. The Morgan fingerprint density at radius 1 is 0.436 bits per heavy atom. The number of carbonyl (C=O) groups excluding carboxylic acids is 6. The third-order valence-corrected chi connectivity index (χ3v) is 20.6. The van der Waals surface area contributed by atoms with E-state index in [4.69, 9.17) is 70.4 Å². The van der Waals surface area contributed by atoms with Gasteiger partial charge in [-0.05, 0) is 104 Å². The summed E-state index contributed by atoms with van der Waals surface area (Å²) in [5.74, 6) is -2.43. The zero-order chi connectivity index (χ0) is 72.6. The van der Waals surface area contributed by atoms with Crippen LogP contribution in [0, 0.1) is 0 Å². The second kappa shape index (κ2) is 60.3. The van der Waals surface area contributed by atoms with Gasteiger partial charge in [0.25, 0.3) is 0 Å². The highest BCUT2D eigenvalue weighted by Crippen LogP contribution is 2.20. The molecule has 0 amide bonds. The molecule has 0 spiro atoms. The lowest BCUT2D eigenvalue weighted by Crippen LogP contribution is -2.52. The van der Waals surface area contributed by atoms with Crippen molar-refractivity contribution in [3.05, 3.63) is 23.5 Å². The summed E-state index contributed by atoms with van der Waals surface area (Å²) in [7, 11) is 0.674. The number of aliphatic hydroxyl groups is 3. The van der Waals surface area contributed by atoms with Crippen LogP contribution in [-0.2, 0) is 79.0 Å². The van der Waals surface area contributed by atoms with Crippen molar-refractivity contribution in [2.75, 3.05) is 101 Å². The molecular formula is C62H128N6O23Si3. The van der Waals surface area contributed by atoms with E-state index in [2.05, 4.69) is 26.6 Å². The number of ketones is 1. The fraction of sp³-hybridized carbons (Fsp3) is 0.839. The maximum Gasteiger partial charge on any atom is 0.514 e. The molecule has 29 nitrogen and oxygen atoms in total. The molecule has 0 radical (unpaired) electrons. The summed E-state index contributed by atoms with van der Waals surface area (Å²) in [5.41, 5.74) is 6.64. The first-order chi connectivity index (χ1) is 44.3. The molecule has 0 aromatic rings. The fourth-order valence-electron chi connectivity index (χ4n) is 8.58. The minimum absolute atomic E-state index is 0.00743. The van der Waals surface area contributed by atoms with Gasteiger partial charge in [0.1, 0.15) is 42.7 Å². The number of hydrogen-bond donors (Lipinski definition) is 12. The Balaban J connectivity index is -0.000000616. The first-order valence-electron chi connectivity index (χ1n) is 33.0. The van der Waals surface area contributed by atoms with Gasteiger partial charge in [-0.3, -0.25) is 19.2 Å². The maximum absolute atomic E-state index is 12.3. The molecule has 556 valence electrons. The van der Waals surface area contributed by atoms with Crippen molar-refractivity contribution < 1.29 is 109 Å². The second-order valence-electron chi connectivity index (χ2n) is 22.4. The topological polar surface area (TPSA) is 411 Å². The zero-order valence-electron chi connectivity index (χ0n) is 60.1. The number of nitrogens with two attached hydrogens (primary N) is 1. The number of rotatable bonds is 53. The lowest BCUT2D eigenvalue weighted by atomic mass is 10.0. The molecule has 94 heavy (non-hydrogen) atoms. The summed E-state index contributed by atoms with van der Waals surface area (Å²) in [6, 6.07) is 0.725. The van der Waals surface area contributed by atoms with E-state index in [1.54, 1.807) is 56.5 Å². The predicted octanol–water partition coefficient (Wildman–Crippen LogP) is 3.50. The molecule has 0 aliphatic carbocycles.